The predicted molar refractivity (Wildman–Crippen MR) is 60.2 cm³/mol. The van der Waals surface area contributed by atoms with E-state index in [9.17, 15) is 4.79 Å². The van der Waals surface area contributed by atoms with Crippen LogP contribution in [-0.4, -0.2) is 18.4 Å². The molecule has 0 aliphatic rings. The molecule has 0 radical (unpaired) electrons. The molecule has 0 heterocycles. The van der Waals surface area contributed by atoms with Crippen LogP contribution >= 0.6 is 11.6 Å². The molecule has 0 aliphatic heterocycles. The lowest BCUT2D eigenvalue weighted by Gasteiger charge is -2.07. The summed E-state index contributed by atoms with van der Waals surface area (Å²) in [6.07, 6.45) is 0. The van der Waals surface area contributed by atoms with Crippen LogP contribution in [0, 0.1) is 0 Å². The Balaban J connectivity index is 2.47. The molecule has 1 aromatic rings. The second kappa shape index (κ2) is 5.61. The van der Waals surface area contributed by atoms with Gasteiger partial charge in [0.25, 0.3) is 0 Å². The summed E-state index contributed by atoms with van der Waals surface area (Å²) in [5, 5.41) is 2.23. The maximum absolute atomic E-state index is 11.2. The number of amides is 1. The minimum absolute atomic E-state index is 0.160. The molecule has 1 rings (SSSR count). The lowest BCUT2D eigenvalue weighted by atomic mass is 10.2. The minimum Gasteiger partial charge on any atom is -0.497 e. The maximum Gasteiger partial charge on any atom is 0.238 e. The molecule has 1 amide bonds. The summed E-state index contributed by atoms with van der Waals surface area (Å²) < 4.78 is 5.02. The highest BCUT2D eigenvalue weighted by Gasteiger charge is 2.07. The zero-order valence-electron chi connectivity index (χ0n) is 8.79. The second-order valence-electron chi connectivity index (χ2n) is 3.18. The number of halogens is 1. The Kier molecular flexibility index (Phi) is 4.43. The molecule has 4 heteroatoms. The van der Waals surface area contributed by atoms with Crippen LogP contribution in [0.5, 0.6) is 5.75 Å². The van der Waals surface area contributed by atoms with E-state index in [2.05, 4.69) is 5.32 Å². The van der Waals surface area contributed by atoms with Crippen LogP contribution in [0.25, 0.3) is 0 Å². The quantitative estimate of drug-likeness (QED) is 0.799. The van der Waals surface area contributed by atoms with Gasteiger partial charge in [0.05, 0.1) is 7.11 Å². The number of hydrogen-bond donors (Lipinski definition) is 1. The third-order valence-corrected chi connectivity index (χ3v) is 2.19. The maximum atomic E-state index is 11.2. The molecule has 0 unspecified atom stereocenters. The molecule has 0 bridgehead atoms. The Morgan fingerprint density at radius 3 is 2.53 bits per heavy atom. The van der Waals surface area contributed by atoms with Gasteiger partial charge in [0.2, 0.25) is 5.91 Å². The van der Waals surface area contributed by atoms with Gasteiger partial charge < -0.3 is 10.1 Å². The van der Waals surface area contributed by atoms with Gasteiger partial charge in [0.15, 0.2) is 0 Å². The highest BCUT2D eigenvalue weighted by Crippen LogP contribution is 2.10. The number of benzene rings is 1. The van der Waals surface area contributed by atoms with Crippen molar-refractivity contribution in [2.75, 3.05) is 7.11 Å². The highest BCUT2D eigenvalue weighted by molar-refractivity contribution is 6.30. The minimum atomic E-state index is -0.497. The van der Waals surface area contributed by atoms with Gasteiger partial charge in [-0.05, 0) is 24.6 Å². The largest absolute Gasteiger partial charge is 0.497 e. The third-order valence-electron chi connectivity index (χ3n) is 1.99. The summed E-state index contributed by atoms with van der Waals surface area (Å²) in [5.41, 5.74) is 1.02. The smallest absolute Gasteiger partial charge is 0.238 e. The number of carbonyl (C=O) groups is 1. The summed E-state index contributed by atoms with van der Waals surface area (Å²) in [5.74, 6) is 0.642. The average molecular weight is 228 g/mol. The van der Waals surface area contributed by atoms with Crippen LogP contribution in [0.4, 0.5) is 0 Å². The third kappa shape index (κ3) is 3.80. The molecule has 0 saturated heterocycles. The number of alkyl halides is 1. The van der Waals surface area contributed by atoms with Crippen LogP contribution < -0.4 is 10.1 Å². The van der Waals surface area contributed by atoms with Crippen molar-refractivity contribution in [2.45, 2.75) is 18.8 Å². The number of hydrogen-bond acceptors (Lipinski definition) is 2. The van der Waals surface area contributed by atoms with E-state index in [1.54, 1.807) is 14.0 Å². The van der Waals surface area contributed by atoms with Gasteiger partial charge in [-0.15, -0.1) is 11.6 Å². The zero-order chi connectivity index (χ0) is 11.3. The van der Waals surface area contributed by atoms with Crippen molar-refractivity contribution in [3.63, 3.8) is 0 Å². The number of rotatable bonds is 4. The highest BCUT2D eigenvalue weighted by atomic mass is 35.5. The van der Waals surface area contributed by atoms with Crippen molar-refractivity contribution in [3.8, 4) is 5.75 Å². The van der Waals surface area contributed by atoms with Gasteiger partial charge in [-0.1, -0.05) is 12.1 Å². The summed E-state index contributed by atoms with van der Waals surface area (Å²) >= 11 is 5.61. The van der Waals surface area contributed by atoms with E-state index < -0.39 is 5.38 Å². The standard InChI is InChI=1S/C11H14ClNO2/c1-8(12)11(14)13-7-9-3-5-10(15-2)6-4-9/h3-6,8H,7H2,1-2H3,(H,13,14)/t8-/m1/s1. The summed E-state index contributed by atoms with van der Waals surface area (Å²) in [4.78, 5) is 11.2. The Bertz CT molecular complexity index is 322. The Labute approximate surface area is 94.4 Å². The first-order valence-electron chi connectivity index (χ1n) is 4.68. The summed E-state index contributed by atoms with van der Waals surface area (Å²) in [6, 6.07) is 7.51. The summed E-state index contributed by atoms with van der Waals surface area (Å²) in [6.45, 7) is 2.13. The van der Waals surface area contributed by atoms with Gasteiger partial charge in [0, 0.05) is 6.54 Å². The number of ether oxygens (including phenoxy) is 1. The van der Waals surface area contributed by atoms with E-state index in [-0.39, 0.29) is 5.91 Å². The SMILES string of the molecule is COc1ccc(CNC(=O)[C@@H](C)Cl)cc1. The molecule has 0 saturated carbocycles. The predicted octanol–water partition coefficient (Wildman–Crippen LogP) is 1.94. The molecular formula is C11H14ClNO2. The van der Waals surface area contributed by atoms with Crippen molar-refractivity contribution >= 4 is 17.5 Å². The van der Waals surface area contributed by atoms with Gasteiger partial charge >= 0.3 is 0 Å². The molecule has 15 heavy (non-hydrogen) atoms. The van der Waals surface area contributed by atoms with Gasteiger partial charge in [0.1, 0.15) is 11.1 Å². The van der Waals surface area contributed by atoms with E-state index in [4.69, 9.17) is 16.3 Å². The molecule has 0 fully saturated rings. The molecule has 0 aromatic heterocycles. The van der Waals surface area contributed by atoms with Crippen molar-refractivity contribution in [2.24, 2.45) is 0 Å². The molecule has 0 spiro atoms. The molecular weight excluding hydrogens is 214 g/mol. The molecule has 82 valence electrons. The van der Waals surface area contributed by atoms with E-state index in [1.807, 2.05) is 24.3 Å². The first-order chi connectivity index (χ1) is 7.13. The summed E-state index contributed by atoms with van der Waals surface area (Å²) in [7, 11) is 1.62. The molecule has 1 aromatic carbocycles. The number of nitrogens with one attached hydrogen (secondary N) is 1. The Morgan fingerprint density at radius 1 is 1.47 bits per heavy atom. The van der Waals surface area contributed by atoms with Crippen LogP contribution in [0.15, 0.2) is 24.3 Å². The van der Waals surface area contributed by atoms with Crippen molar-refractivity contribution in [3.05, 3.63) is 29.8 Å². The average Bonchev–Trinajstić information content (AvgIpc) is 2.26. The van der Waals surface area contributed by atoms with E-state index in [0.29, 0.717) is 6.54 Å². The van der Waals surface area contributed by atoms with Crippen LogP contribution in [0.3, 0.4) is 0 Å². The van der Waals surface area contributed by atoms with E-state index >= 15 is 0 Å². The van der Waals surface area contributed by atoms with E-state index in [1.165, 1.54) is 0 Å². The zero-order valence-corrected chi connectivity index (χ0v) is 9.54. The molecule has 0 aliphatic carbocycles. The fourth-order valence-corrected chi connectivity index (χ4v) is 1.15. The lowest BCUT2D eigenvalue weighted by Crippen LogP contribution is -2.28. The lowest BCUT2D eigenvalue weighted by molar-refractivity contribution is -0.120. The molecule has 1 atom stereocenters. The van der Waals surface area contributed by atoms with Gasteiger partial charge in [-0.25, -0.2) is 0 Å². The Hall–Kier alpha value is -1.22. The van der Waals surface area contributed by atoms with Gasteiger partial charge in [-0.3, -0.25) is 4.79 Å². The van der Waals surface area contributed by atoms with Crippen molar-refractivity contribution in [1.29, 1.82) is 0 Å². The van der Waals surface area contributed by atoms with Crippen molar-refractivity contribution < 1.29 is 9.53 Å². The first-order valence-corrected chi connectivity index (χ1v) is 5.12. The first kappa shape index (κ1) is 11.9. The van der Waals surface area contributed by atoms with Crippen molar-refractivity contribution in [1.82, 2.24) is 5.32 Å². The van der Waals surface area contributed by atoms with Crippen LogP contribution in [0.1, 0.15) is 12.5 Å². The molecule has 3 nitrogen and oxygen atoms in total. The number of carbonyl (C=O) groups excluding carboxylic acids is 1. The monoisotopic (exact) mass is 227 g/mol. The number of methoxy groups -OCH3 is 1. The second-order valence-corrected chi connectivity index (χ2v) is 3.84. The topological polar surface area (TPSA) is 38.3 Å². The van der Waals surface area contributed by atoms with E-state index in [0.717, 1.165) is 11.3 Å². The normalized spacial score (nSPS) is 11.9. The fourth-order valence-electron chi connectivity index (χ4n) is 1.07. The fraction of sp³-hybridized carbons (Fsp3) is 0.364. The Morgan fingerprint density at radius 2 is 2.07 bits per heavy atom. The molecule has 1 N–H and O–H groups in total. The van der Waals surface area contributed by atoms with Gasteiger partial charge in [-0.2, -0.15) is 0 Å². The van der Waals surface area contributed by atoms with Crippen LogP contribution in [-0.2, 0) is 11.3 Å². The van der Waals surface area contributed by atoms with Crippen LogP contribution in [0.2, 0.25) is 0 Å².